The lowest BCUT2D eigenvalue weighted by atomic mass is 10.1. The van der Waals surface area contributed by atoms with Gasteiger partial charge in [-0.25, -0.2) is 8.42 Å². The third-order valence-corrected chi connectivity index (χ3v) is 5.31. The quantitative estimate of drug-likeness (QED) is 0.272. The van der Waals surface area contributed by atoms with Gasteiger partial charge in [-0.05, 0) is 41.7 Å². The number of hydrogen-bond donors (Lipinski definition) is 2. The van der Waals surface area contributed by atoms with E-state index in [-0.39, 0.29) is 35.8 Å². The molecule has 31 heavy (non-hydrogen) atoms. The van der Waals surface area contributed by atoms with Crippen molar-refractivity contribution in [2.45, 2.75) is 39.1 Å². The Kier molecular flexibility index (Phi) is 11.3. The first-order valence-electron chi connectivity index (χ1n) is 10.1. The molecule has 6 nitrogen and oxygen atoms in total. The van der Waals surface area contributed by atoms with Crippen molar-refractivity contribution >= 4 is 39.8 Å². The minimum absolute atomic E-state index is 0. The third kappa shape index (κ3) is 10.4. The molecule has 0 aliphatic carbocycles. The Bertz CT molecular complexity index is 928. The van der Waals surface area contributed by atoms with Gasteiger partial charge in [0, 0.05) is 19.8 Å². The zero-order valence-corrected chi connectivity index (χ0v) is 22.0. The minimum atomic E-state index is -3.02. The van der Waals surface area contributed by atoms with E-state index < -0.39 is 9.84 Å². The van der Waals surface area contributed by atoms with E-state index in [1.54, 1.807) is 7.05 Å². The van der Waals surface area contributed by atoms with Crippen molar-refractivity contribution < 1.29 is 13.2 Å². The highest BCUT2D eigenvalue weighted by atomic mass is 127. The summed E-state index contributed by atoms with van der Waals surface area (Å²) in [6.45, 7) is 7.63. The molecule has 0 aliphatic rings. The van der Waals surface area contributed by atoms with Crippen LogP contribution < -0.4 is 15.4 Å². The van der Waals surface area contributed by atoms with E-state index in [1.165, 1.54) is 6.26 Å². The molecule has 172 valence electrons. The third-order valence-electron chi connectivity index (χ3n) is 4.45. The summed E-state index contributed by atoms with van der Waals surface area (Å²) in [5.41, 5.74) is 2.98. The van der Waals surface area contributed by atoms with Gasteiger partial charge in [0.05, 0.1) is 18.4 Å². The first-order valence-corrected chi connectivity index (χ1v) is 12.2. The fourth-order valence-corrected chi connectivity index (χ4v) is 3.64. The van der Waals surface area contributed by atoms with Gasteiger partial charge in [-0.3, -0.25) is 4.99 Å². The number of rotatable bonds is 9. The van der Waals surface area contributed by atoms with Crippen molar-refractivity contribution in [1.82, 2.24) is 10.6 Å². The molecule has 2 aromatic rings. The average molecular weight is 560 g/mol. The van der Waals surface area contributed by atoms with E-state index in [1.807, 2.05) is 36.4 Å². The highest BCUT2D eigenvalue weighted by Crippen LogP contribution is 2.18. The molecule has 2 rings (SSSR count). The Morgan fingerprint density at radius 1 is 1.00 bits per heavy atom. The molecule has 0 spiro atoms. The second kappa shape index (κ2) is 12.9. The molecule has 0 heterocycles. The number of nitrogens with one attached hydrogen (secondary N) is 2. The molecule has 0 saturated carbocycles. The predicted molar refractivity (Wildman–Crippen MR) is 139 cm³/mol. The van der Waals surface area contributed by atoms with Crippen LogP contribution in [0.5, 0.6) is 5.75 Å². The average Bonchev–Trinajstić information content (AvgIpc) is 2.69. The molecule has 0 amide bonds. The van der Waals surface area contributed by atoms with Crippen LogP contribution in [-0.4, -0.2) is 34.3 Å². The number of benzene rings is 2. The molecule has 0 bridgehead atoms. The Morgan fingerprint density at radius 3 is 2.10 bits per heavy atom. The van der Waals surface area contributed by atoms with E-state index in [9.17, 15) is 8.42 Å². The zero-order valence-electron chi connectivity index (χ0n) is 18.9. The van der Waals surface area contributed by atoms with E-state index in [0.717, 1.165) is 22.4 Å². The number of halogens is 1. The monoisotopic (exact) mass is 559 g/mol. The maximum Gasteiger partial charge on any atom is 0.191 e. The normalized spacial score (nSPS) is 12.8. The van der Waals surface area contributed by atoms with Crippen LogP contribution in [0.2, 0.25) is 0 Å². The summed E-state index contributed by atoms with van der Waals surface area (Å²) in [5, 5.41) is 6.68. The molecule has 0 aliphatic heterocycles. The van der Waals surface area contributed by atoms with Crippen LogP contribution in [0, 0.1) is 5.92 Å². The maximum absolute atomic E-state index is 11.4. The predicted octanol–water partition coefficient (Wildman–Crippen LogP) is 4.31. The number of hydrogen-bond acceptors (Lipinski definition) is 4. The topological polar surface area (TPSA) is 79.8 Å². The van der Waals surface area contributed by atoms with Crippen LogP contribution >= 0.6 is 24.0 Å². The zero-order chi connectivity index (χ0) is 22.1. The summed E-state index contributed by atoms with van der Waals surface area (Å²) in [4.78, 5) is 4.29. The van der Waals surface area contributed by atoms with Crippen LogP contribution in [0.4, 0.5) is 0 Å². The lowest BCUT2D eigenvalue weighted by Crippen LogP contribution is -2.38. The number of guanidine groups is 1. The van der Waals surface area contributed by atoms with Crippen molar-refractivity contribution in [3.63, 3.8) is 0 Å². The molecule has 1 atom stereocenters. The molecule has 1 unspecified atom stereocenters. The molecule has 2 aromatic carbocycles. The summed E-state index contributed by atoms with van der Waals surface area (Å²) in [7, 11) is -1.29. The van der Waals surface area contributed by atoms with Gasteiger partial charge in [-0.2, -0.15) is 0 Å². The van der Waals surface area contributed by atoms with Gasteiger partial charge in [0.2, 0.25) is 0 Å². The summed E-state index contributed by atoms with van der Waals surface area (Å²) < 4.78 is 28.5. The smallest absolute Gasteiger partial charge is 0.191 e. The van der Waals surface area contributed by atoms with Crippen LogP contribution in [0.1, 0.15) is 43.5 Å². The lowest BCUT2D eigenvalue weighted by molar-refractivity contribution is 0.271. The second-order valence-corrected chi connectivity index (χ2v) is 10.1. The lowest BCUT2D eigenvalue weighted by Gasteiger charge is -2.19. The SMILES string of the molecule is CN=C(NCc1ccc(CS(C)(=O)=O)cc1)NC(C)c1ccc(OCC(C)C)cc1.I. The molecule has 2 N–H and O–H groups in total. The van der Waals surface area contributed by atoms with Gasteiger partial charge >= 0.3 is 0 Å². The molecular weight excluding hydrogens is 525 g/mol. The van der Waals surface area contributed by atoms with Gasteiger partial charge in [-0.1, -0.05) is 50.2 Å². The standard InChI is InChI=1S/C23H33N3O3S.HI/c1-17(2)15-29-22-12-10-21(11-13-22)18(3)26-23(24-4)25-14-19-6-8-20(9-7-19)16-30(5,27)28;/h6-13,17-18H,14-16H2,1-5H3,(H2,24,25,26);1H. The molecule has 0 fully saturated rings. The number of nitrogens with zero attached hydrogens (tertiary/aromatic N) is 1. The van der Waals surface area contributed by atoms with Crippen LogP contribution in [0.15, 0.2) is 53.5 Å². The Hall–Kier alpha value is -1.81. The highest BCUT2D eigenvalue weighted by Gasteiger charge is 2.09. The van der Waals surface area contributed by atoms with Crippen molar-refractivity contribution in [2.75, 3.05) is 19.9 Å². The molecule has 0 radical (unpaired) electrons. The molecule has 0 saturated heterocycles. The largest absolute Gasteiger partial charge is 0.493 e. The number of ether oxygens (including phenoxy) is 1. The van der Waals surface area contributed by atoms with Crippen LogP contribution in [0.25, 0.3) is 0 Å². The van der Waals surface area contributed by atoms with Gasteiger partial charge in [0.25, 0.3) is 0 Å². The fourth-order valence-electron chi connectivity index (χ4n) is 2.84. The second-order valence-electron chi connectivity index (χ2n) is 7.95. The molecular formula is C23H34IN3O3S. The van der Waals surface area contributed by atoms with Crippen LogP contribution in [0.3, 0.4) is 0 Å². The minimum Gasteiger partial charge on any atom is -0.493 e. The Balaban J connectivity index is 0.00000480. The van der Waals surface area contributed by atoms with Crippen LogP contribution in [-0.2, 0) is 22.1 Å². The van der Waals surface area contributed by atoms with Crippen molar-refractivity contribution in [3.05, 3.63) is 65.2 Å². The van der Waals surface area contributed by atoms with E-state index >= 15 is 0 Å². The van der Waals surface area contributed by atoms with Gasteiger partial charge in [-0.15, -0.1) is 24.0 Å². The number of sulfone groups is 1. The highest BCUT2D eigenvalue weighted by molar-refractivity contribution is 14.0. The van der Waals surface area contributed by atoms with Gasteiger partial charge in [0.1, 0.15) is 5.75 Å². The number of aliphatic imine (C=N–C) groups is 1. The first kappa shape index (κ1) is 27.2. The van der Waals surface area contributed by atoms with Gasteiger partial charge in [0.15, 0.2) is 15.8 Å². The summed E-state index contributed by atoms with van der Waals surface area (Å²) >= 11 is 0. The van der Waals surface area contributed by atoms with E-state index in [2.05, 4.69) is 48.5 Å². The Morgan fingerprint density at radius 2 is 1.58 bits per heavy atom. The maximum atomic E-state index is 11.4. The molecule has 0 aromatic heterocycles. The summed E-state index contributed by atoms with van der Waals surface area (Å²) in [6.07, 6.45) is 1.24. The van der Waals surface area contributed by atoms with E-state index in [4.69, 9.17) is 4.74 Å². The van der Waals surface area contributed by atoms with Crippen molar-refractivity contribution in [2.24, 2.45) is 10.9 Å². The van der Waals surface area contributed by atoms with Crippen molar-refractivity contribution in [1.29, 1.82) is 0 Å². The summed E-state index contributed by atoms with van der Waals surface area (Å²) in [6, 6.07) is 15.7. The first-order chi connectivity index (χ1) is 14.2. The fraction of sp³-hybridized carbons (Fsp3) is 0.435. The van der Waals surface area contributed by atoms with Crippen molar-refractivity contribution in [3.8, 4) is 5.75 Å². The van der Waals surface area contributed by atoms with Gasteiger partial charge < -0.3 is 15.4 Å². The Labute approximate surface area is 203 Å². The summed E-state index contributed by atoms with van der Waals surface area (Å²) in [5.74, 6) is 2.13. The molecule has 8 heteroatoms. The van der Waals surface area contributed by atoms with E-state index in [0.29, 0.717) is 25.0 Å².